The number of halogens is 3. The summed E-state index contributed by atoms with van der Waals surface area (Å²) in [5.41, 5.74) is 4.97. The summed E-state index contributed by atoms with van der Waals surface area (Å²) in [6, 6.07) is 10.2. The minimum atomic E-state index is -4.55. The summed E-state index contributed by atoms with van der Waals surface area (Å²) in [7, 11) is 0. The van der Waals surface area contributed by atoms with Crippen molar-refractivity contribution < 1.29 is 17.9 Å². The number of pyridine rings is 1. The highest BCUT2D eigenvalue weighted by molar-refractivity contribution is 5.38. The second-order valence-electron chi connectivity index (χ2n) is 4.11. The molecule has 106 valence electrons. The Kier molecular flexibility index (Phi) is 4.24. The number of alkyl halides is 3. The molecule has 2 aromatic rings. The van der Waals surface area contributed by atoms with E-state index < -0.39 is 11.7 Å². The summed E-state index contributed by atoms with van der Waals surface area (Å²) in [6.07, 6.45) is -3.28. The summed E-state index contributed by atoms with van der Waals surface area (Å²) >= 11 is 0. The lowest BCUT2D eigenvalue weighted by atomic mass is 10.1. The van der Waals surface area contributed by atoms with Gasteiger partial charge in [0.15, 0.2) is 0 Å². The highest BCUT2D eigenvalue weighted by atomic mass is 19.4. The van der Waals surface area contributed by atoms with Gasteiger partial charge in [0.25, 0.3) is 0 Å². The molecule has 0 bridgehead atoms. The van der Waals surface area contributed by atoms with Crippen LogP contribution < -0.4 is 10.5 Å². The summed E-state index contributed by atoms with van der Waals surface area (Å²) in [6.45, 7) is -0.241. The Morgan fingerprint density at radius 3 is 2.40 bits per heavy atom. The molecule has 0 aliphatic rings. The van der Waals surface area contributed by atoms with E-state index in [9.17, 15) is 13.2 Å². The van der Waals surface area contributed by atoms with Gasteiger partial charge in [0.1, 0.15) is 17.9 Å². The number of rotatable bonds is 4. The van der Waals surface area contributed by atoms with Crippen LogP contribution in [0.4, 0.5) is 13.2 Å². The molecule has 1 aromatic carbocycles. The van der Waals surface area contributed by atoms with Gasteiger partial charge in [-0.3, -0.25) is 4.98 Å². The minimum Gasteiger partial charge on any atom is -0.488 e. The maximum absolute atomic E-state index is 13.0. The Bertz CT molecular complexity index is 570. The van der Waals surface area contributed by atoms with Crippen LogP contribution in [0, 0.1) is 0 Å². The summed E-state index contributed by atoms with van der Waals surface area (Å²) in [5.74, 6) is -0.253. The Labute approximate surface area is 114 Å². The van der Waals surface area contributed by atoms with E-state index in [-0.39, 0.29) is 24.6 Å². The van der Waals surface area contributed by atoms with E-state index in [2.05, 4.69) is 4.98 Å². The first-order valence-electron chi connectivity index (χ1n) is 5.94. The Morgan fingerprint density at radius 2 is 1.80 bits per heavy atom. The van der Waals surface area contributed by atoms with Crippen molar-refractivity contribution in [1.82, 2.24) is 4.98 Å². The Morgan fingerprint density at radius 1 is 1.10 bits per heavy atom. The van der Waals surface area contributed by atoms with Crippen molar-refractivity contribution in [3.05, 3.63) is 59.4 Å². The van der Waals surface area contributed by atoms with Gasteiger partial charge in [0.2, 0.25) is 0 Å². The van der Waals surface area contributed by atoms with E-state index in [1.54, 1.807) is 24.3 Å². The third kappa shape index (κ3) is 3.27. The van der Waals surface area contributed by atoms with Gasteiger partial charge in [-0.05, 0) is 11.6 Å². The molecule has 20 heavy (non-hydrogen) atoms. The average molecular weight is 282 g/mol. The Hall–Kier alpha value is -2.08. The number of ether oxygens (including phenoxy) is 1. The molecular weight excluding hydrogens is 269 g/mol. The first-order valence-corrected chi connectivity index (χ1v) is 5.94. The molecule has 0 aliphatic heterocycles. The second-order valence-corrected chi connectivity index (χ2v) is 4.11. The fraction of sp³-hybridized carbons (Fsp3) is 0.214. The van der Waals surface area contributed by atoms with Crippen molar-refractivity contribution in [3.63, 3.8) is 0 Å². The van der Waals surface area contributed by atoms with Crippen LogP contribution >= 0.6 is 0 Å². The zero-order valence-electron chi connectivity index (χ0n) is 10.5. The van der Waals surface area contributed by atoms with E-state index in [0.29, 0.717) is 0 Å². The van der Waals surface area contributed by atoms with Crippen molar-refractivity contribution in [2.75, 3.05) is 0 Å². The van der Waals surface area contributed by atoms with Crippen molar-refractivity contribution in [3.8, 4) is 5.75 Å². The Balaban J connectivity index is 2.27. The molecule has 2 rings (SSSR count). The van der Waals surface area contributed by atoms with Crippen LogP contribution in [0.1, 0.15) is 16.8 Å². The standard InChI is InChI=1S/C14H13F3N2O/c15-14(16,17)13-11(8-18)19-7-6-12(13)20-9-10-4-2-1-3-5-10/h1-7H,8-9,18H2. The van der Waals surface area contributed by atoms with Crippen LogP contribution in [0.3, 0.4) is 0 Å². The van der Waals surface area contributed by atoms with Crippen LogP contribution in [-0.2, 0) is 19.3 Å². The van der Waals surface area contributed by atoms with Gasteiger partial charge in [0, 0.05) is 12.7 Å². The summed E-state index contributed by atoms with van der Waals surface area (Å²) in [5, 5.41) is 0. The molecule has 0 amide bonds. The zero-order chi connectivity index (χ0) is 14.6. The molecule has 2 N–H and O–H groups in total. The minimum absolute atomic E-state index is 0.0535. The smallest absolute Gasteiger partial charge is 0.421 e. The van der Waals surface area contributed by atoms with Gasteiger partial charge < -0.3 is 10.5 Å². The molecule has 0 radical (unpaired) electrons. The molecule has 0 saturated carbocycles. The van der Waals surface area contributed by atoms with Crippen LogP contribution in [0.2, 0.25) is 0 Å². The number of aromatic nitrogens is 1. The maximum Gasteiger partial charge on any atom is 0.421 e. The third-order valence-corrected chi connectivity index (χ3v) is 2.71. The van der Waals surface area contributed by atoms with Gasteiger partial charge in [-0.15, -0.1) is 0 Å². The largest absolute Gasteiger partial charge is 0.488 e. The third-order valence-electron chi connectivity index (χ3n) is 2.71. The molecule has 1 heterocycles. The van der Waals surface area contributed by atoms with Crippen molar-refractivity contribution >= 4 is 0 Å². The molecule has 0 spiro atoms. The predicted molar refractivity (Wildman–Crippen MR) is 67.9 cm³/mol. The van der Waals surface area contributed by atoms with Crippen LogP contribution in [0.25, 0.3) is 0 Å². The molecule has 1 aromatic heterocycles. The second kappa shape index (κ2) is 5.92. The SMILES string of the molecule is NCc1nccc(OCc2ccccc2)c1C(F)(F)F. The van der Waals surface area contributed by atoms with Crippen LogP contribution in [-0.4, -0.2) is 4.98 Å². The molecule has 6 heteroatoms. The number of benzene rings is 1. The molecule has 0 fully saturated rings. The summed E-state index contributed by atoms with van der Waals surface area (Å²) < 4.78 is 44.4. The highest BCUT2D eigenvalue weighted by Gasteiger charge is 2.37. The van der Waals surface area contributed by atoms with Gasteiger partial charge in [-0.25, -0.2) is 0 Å². The van der Waals surface area contributed by atoms with Crippen LogP contribution in [0.5, 0.6) is 5.75 Å². The summed E-state index contributed by atoms with van der Waals surface area (Å²) in [4.78, 5) is 3.65. The average Bonchev–Trinajstić information content (AvgIpc) is 2.44. The fourth-order valence-electron chi connectivity index (χ4n) is 1.80. The fourth-order valence-corrected chi connectivity index (χ4v) is 1.80. The highest BCUT2D eigenvalue weighted by Crippen LogP contribution is 2.38. The van der Waals surface area contributed by atoms with E-state index in [4.69, 9.17) is 10.5 Å². The van der Waals surface area contributed by atoms with Gasteiger partial charge in [-0.2, -0.15) is 13.2 Å². The lowest BCUT2D eigenvalue weighted by Gasteiger charge is -2.16. The first-order chi connectivity index (χ1) is 9.52. The van der Waals surface area contributed by atoms with E-state index in [1.165, 1.54) is 12.3 Å². The molecular formula is C14H13F3N2O. The van der Waals surface area contributed by atoms with Crippen LogP contribution in [0.15, 0.2) is 42.6 Å². The first kappa shape index (κ1) is 14.3. The number of hydrogen-bond acceptors (Lipinski definition) is 3. The topological polar surface area (TPSA) is 48.1 Å². The van der Waals surface area contributed by atoms with E-state index in [1.807, 2.05) is 6.07 Å². The zero-order valence-corrected chi connectivity index (χ0v) is 10.5. The predicted octanol–water partition coefficient (Wildman–Crippen LogP) is 3.14. The van der Waals surface area contributed by atoms with Crippen molar-refractivity contribution in [2.24, 2.45) is 5.73 Å². The number of nitrogens with zero attached hydrogens (tertiary/aromatic N) is 1. The van der Waals surface area contributed by atoms with Crippen molar-refractivity contribution in [1.29, 1.82) is 0 Å². The maximum atomic E-state index is 13.0. The number of nitrogens with two attached hydrogens (primary N) is 1. The van der Waals surface area contributed by atoms with E-state index in [0.717, 1.165) is 5.56 Å². The monoisotopic (exact) mass is 282 g/mol. The number of hydrogen-bond donors (Lipinski definition) is 1. The van der Waals surface area contributed by atoms with Gasteiger partial charge >= 0.3 is 6.18 Å². The van der Waals surface area contributed by atoms with Gasteiger partial charge in [0.05, 0.1) is 5.69 Å². The molecule has 3 nitrogen and oxygen atoms in total. The lowest BCUT2D eigenvalue weighted by Crippen LogP contribution is -2.15. The molecule has 0 atom stereocenters. The quantitative estimate of drug-likeness (QED) is 0.937. The van der Waals surface area contributed by atoms with E-state index >= 15 is 0 Å². The normalized spacial score (nSPS) is 11.4. The lowest BCUT2D eigenvalue weighted by molar-refractivity contribution is -0.140. The molecule has 0 saturated heterocycles. The molecule has 0 aliphatic carbocycles. The van der Waals surface area contributed by atoms with Crippen molar-refractivity contribution in [2.45, 2.75) is 19.3 Å². The molecule has 0 unspecified atom stereocenters. The van der Waals surface area contributed by atoms with Gasteiger partial charge in [-0.1, -0.05) is 30.3 Å².